The van der Waals surface area contributed by atoms with Crippen molar-refractivity contribution in [1.29, 1.82) is 0 Å². The van der Waals surface area contributed by atoms with Crippen LogP contribution < -0.4 is 0 Å². The van der Waals surface area contributed by atoms with E-state index in [1.165, 1.54) is 4.88 Å². The van der Waals surface area contributed by atoms with Gasteiger partial charge < -0.3 is 0 Å². The second-order valence-electron chi connectivity index (χ2n) is 3.11. The van der Waals surface area contributed by atoms with Gasteiger partial charge in [-0.05, 0) is 37.6 Å². The van der Waals surface area contributed by atoms with Gasteiger partial charge in [0.25, 0.3) is 0 Å². The number of aromatic nitrogens is 2. The van der Waals surface area contributed by atoms with E-state index in [1.54, 1.807) is 11.3 Å². The molecular weight excluding hydrogens is 216 g/mol. The van der Waals surface area contributed by atoms with Gasteiger partial charge in [0.05, 0.1) is 5.69 Å². The molecule has 0 saturated heterocycles. The van der Waals surface area contributed by atoms with E-state index >= 15 is 0 Å². The minimum absolute atomic E-state index is 0.309. The Morgan fingerprint density at radius 1 is 1.21 bits per heavy atom. The predicted molar refractivity (Wildman–Crippen MR) is 59.8 cm³/mol. The van der Waals surface area contributed by atoms with Crippen molar-refractivity contribution in [3.63, 3.8) is 0 Å². The number of nitrogens with zero attached hydrogens (tertiary/aromatic N) is 2. The number of halogens is 1. The first-order valence-corrected chi connectivity index (χ1v) is 5.47. The molecule has 0 radical (unpaired) electrons. The summed E-state index contributed by atoms with van der Waals surface area (Å²) in [4.78, 5) is 9.47. The summed E-state index contributed by atoms with van der Waals surface area (Å²) in [6.07, 6.45) is 0. The van der Waals surface area contributed by atoms with Gasteiger partial charge in [-0.25, -0.2) is 9.97 Å². The maximum Gasteiger partial charge on any atom is 0.223 e. The van der Waals surface area contributed by atoms with Crippen molar-refractivity contribution < 1.29 is 0 Å². The molecule has 2 heterocycles. The first kappa shape index (κ1) is 9.62. The Kier molecular flexibility index (Phi) is 2.52. The molecule has 14 heavy (non-hydrogen) atoms. The van der Waals surface area contributed by atoms with Crippen LogP contribution in [0.2, 0.25) is 5.28 Å². The monoisotopic (exact) mass is 224 g/mol. The zero-order valence-electron chi connectivity index (χ0n) is 7.91. The Balaban J connectivity index is 2.51. The molecule has 0 bridgehead atoms. The lowest BCUT2D eigenvalue weighted by Gasteiger charge is -1.98. The van der Waals surface area contributed by atoms with E-state index in [0.29, 0.717) is 5.28 Å². The number of rotatable bonds is 1. The molecular formula is C10H9ClN2S. The lowest BCUT2D eigenvalue weighted by Crippen LogP contribution is -1.89. The SMILES string of the molecule is Cc1cc(-c2csc(C)c2)nc(Cl)n1. The maximum atomic E-state index is 5.79. The first-order valence-electron chi connectivity index (χ1n) is 4.22. The number of aryl methyl sites for hydroxylation is 2. The fraction of sp³-hybridized carbons (Fsp3) is 0.200. The molecule has 2 aromatic heterocycles. The highest BCUT2D eigenvalue weighted by molar-refractivity contribution is 7.10. The first-order chi connectivity index (χ1) is 6.65. The van der Waals surface area contributed by atoms with Crippen molar-refractivity contribution in [2.45, 2.75) is 13.8 Å². The van der Waals surface area contributed by atoms with E-state index in [9.17, 15) is 0 Å². The van der Waals surface area contributed by atoms with Gasteiger partial charge in [-0.3, -0.25) is 0 Å². The van der Waals surface area contributed by atoms with Gasteiger partial charge in [0.2, 0.25) is 5.28 Å². The molecule has 0 amide bonds. The molecule has 0 fully saturated rings. The average molecular weight is 225 g/mol. The third-order valence-electron chi connectivity index (χ3n) is 1.85. The normalized spacial score (nSPS) is 10.5. The van der Waals surface area contributed by atoms with Crippen LogP contribution in [0.5, 0.6) is 0 Å². The highest BCUT2D eigenvalue weighted by Gasteiger charge is 2.04. The lowest BCUT2D eigenvalue weighted by atomic mass is 10.2. The Hall–Kier alpha value is -0.930. The highest BCUT2D eigenvalue weighted by atomic mass is 35.5. The fourth-order valence-corrected chi connectivity index (χ4v) is 2.18. The lowest BCUT2D eigenvalue weighted by molar-refractivity contribution is 1.11. The Bertz CT molecular complexity index is 445. The van der Waals surface area contributed by atoms with Crippen LogP contribution >= 0.6 is 22.9 Å². The van der Waals surface area contributed by atoms with Crippen LogP contribution in [-0.2, 0) is 0 Å². The summed E-state index contributed by atoms with van der Waals surface area (Å²) in [5.41, 5.74) is 2.90. The molecule has 0 aliphatic rings. The molecule has 0 aliphatic carbocycles. The fourth-order valence-electron chi connectivity index (χ4n) is 1.26. The topological polar surface area (TPSA) is 25.8 Å². The Labute approximate surface area is 91.6 Å². The summed E-state index contributed by atoms with van der Waals surface area (Å²) >= 11 is 7.50. The highest BCUT2D eigenvalue weighted by Crippen LogP contribution is 2.24. The average Bonchev–Trinajstić information content (AvgIpc) is 2.50. The summed E-state index contributed by atoms with van der Waals surface area (Å²) in [7, 11) is 0. The standard InChI is InChI=1S/C10H9ClN2S/c1-6-3-9(13-10(11)12-6)8-4-7(2)14-5-8/h3-5H,1-2H3. The third kappa shape index (κ3) is 1.94. The zero-order valence-corrected chi connectivity index (χ0v) is 9.49. The Morgan fingerprint density at radius 3 is 2.57 bits per heavy atom. The van der Waals surface area contributed by atoms with Crippen LogP contribution in [0.3, 0.4) is 0 Å². The van der Waals surface area contributed by atoms with E-state index in [4.69, 9.17) is 11.6 Å². The largest absolute Gasteiger partial charge is 0.223 e. The minimum atomic E-state index is 0.309. The van der Waals surface area contributed by atoms with Gasteiger partial charge in [-0.2, -0.15) is 0 Å². The predicted octanol–water partition coefficient (Wildman–Crippen LogP) is 3.48. The van der Waals surface area contributed by atoms with E-state index in [2.05, 4.69) is 28.3 Å². The van der Waals surface area contributed by atoms with Crippen molar-refractivity contribution in [1.82, 2.24) is 9.97 Å². The summed E-state index contributed by atoms with van der Waals surface area (Å²) in [5, 5.41) is 2.39. The molecule has 2 aromatic rings. The van der Waals surface area contributed by atoms with Gasteiger partial charge in [0, 0.05) is 21.5 Å². The van der Waals surface area contributed by atoms with Crippen LogP contribution in [0.1, 0.15) is 10.6 Å². The molecule has 0 aliphatic heterocycles. The molecule has 0 aromatic carbocycles. The van der Waals surface area contributed by atoms with Gasteiger partial charge in [0.1, 0.15) is 0 Å². The van der Waals surface area contributed by atoms with Gasteiger partial charge >= 0.3 is 0 Å². The van der Waals surface area contributed by atoms with Crippen molar-refractivity contribution in [3.8, 4) is 11.3 Å². The second-order valence-corrected chi connectivity index (χ2v) is 4.56. The van der Waals surface area contributed by atoms with Crippen molar-refractivity contribution in [2.75, 3.05) is 0 Å². The van der Waals surface area contributed by atoms with E-state index < -0.39 is 0 Å². The van der Waals surface area contributed by atoms with E-state index in [0.717, 1.165) is 17.0 Å². The molecule has 0 unspecified atom stereocenters. The molecule has 4 heteroatoms. The minimum Gasteiger partial charge on any atom is -0.223 e. The van der Waals surface area contributed by atoms with Gasteiger partial charge in [-0.15, -0.1) is 11.3 Å². The van der Waals surface area contributed by atoms with Crippen LogP contribution in [0, 0.1) is 13.8 Å². The number of thiophene rings is 1. The molecule has 0 saturated carbocycles. The maximum absolute atomic E-state index is 5.79. The molecule has 72 valence electrons. The quantitative estimate of drug-likeness (QED) is 0.694. The molecule has 2 rings (SSSR count). The summed E-state index contributed by atoms with van der Waals surface area (Å²) < 4.78 is 0. The summed E-state index contributed by atoms with van der Waals surface area (Å²) in [6.45, 7) is 3.99. The number of hydrogen-bond donors (Lipinski definition) is 0. The van der Waals surface area contributed by atoms with Crippen LogP contribution in [0.15, 0.2) is 17.5 Å². The van der Waals surface area contributed by atoms with Crippen LogP contribution in [-0.4, -0.2) is 9.97 Å². The van der Waals surface area contributed by atoms with Gasteiger partial charge in [0.15, 0.2) is 0 Å². The molecule has 2 nitrogen and oxygen atoms in total. The van der Waals surface area contributed by atoms with E-state index in [-0.39, 0.29) is 0 Å². The molecule has 0 N–H and O–H groups in total. The van der Waals surface area contributed by atoms with E-state index in [1.807, 2.05) is 13.0 Å². The third-order valence-corrected chi connectivity index (χ3v) is 2.88. The Morgan fingerprint density at radius 2 is 2.00 bits per heavy atom. The van der Waals surface area contributed by atoms with Crippen LogP contribution in [0.25, 0.3) is 11.3 Å². The zero-order chi connectivity index (χ0) is 10.1. The van der Waals surface area contributed by atoms with Gasteiger partial charge in [-0.1, -0.05) is 0 Å². The smallest absolute Gasteiger partial charge is 0.223 e. The second kappa shape index (κ2) is 3.67. The van der Waals surface area contributed by atoms with Crippen LogP contribution in [0.4, 0.5) is 0 Å². The molecule has 0 spiro atoms. The van der Waals surface area contributed by atoms with Crippen molar-refractivity contribution in [3.05, 3.63) is 33.4 Å². The number of hydrogen-bond acceptors (Lipinski definition) is 3. The molecule has 0 atom stereocenters. The van der Waals surface area contributed by atoms with Crippen molar-refractivity contribution >= 4 is 22.9 Å². The summed E-state index contributed by atoms with van der Waals surface area (Å²) in [6, 6.07) is 4.04. The van der Waals surface area contributed by atoms with Crippen molar-refractivity contribution in [2.24, 2.45) is 0 Å². The summed E-state index contributed by atoms with van der Waals surface area (Å²) in [5.74, 6) is 0.